The van der Waals surface area contributed by atoms with Gasteiger partial charge in [0, 0.05) is 16.5 Å². The van der Waals surface area contributed by atoms with Gasteiger partial charge in [-0.2, -0.15) is 0 Å². The number of anilines is 1. The van der Waals surface area contributed by atoms with Crippen molar-refractivity contribution in [2.24, 2.45) is 5.41 Å². The van der Waals surface area contributed by atoms with E-state index >= 15 is 0 Å². The van der Waals surface area contributed by atoms with Crippen LogP contribution in [-0.4, -0.2) is 16.0 Å². The predicted octanol–water partition coefficient (Wildman–Crippen LogP) is 3.71. The summed E-state index contributed by atoms with van der Waals surface area (Å²) in [4.78, 5) is 16.5. The van der Waals surface area contributed by atoms with Crippen molar-refractivity contribution < 1.29 is 4.79 Å². The lowest BCUT2D eigenvalue weighted by molar-refractivity contribution is -0.126. The number of carbonyl (C=O) groups excluding carboxylic acids is 1. The van der Waals surface area contributed by atoms with Crippen LogP contribution >= 0.6 is 12.2 Å². The van der Waals surface area contributed by atoms with Gasteiger partial charge in [-0.05, 0) is 49.8 Å². The van der Waals surface area contributed by atoms with Crippen molar-refractivity contribution >= 4 is 39.8 Å². The molecule has 0 bridgehead atoms. The Morgan fingerprint density at radius 2 is 1.82 bits per heavy atom. The van der Waals surface area contributed by atoms with E-state index in [4.69, 9.17) is 12.2 Å². The van der Waals surface area contributed by atoms with Crippen molar-refractivity contribution in [3.05, 3.63) is 35.5 Å². The first-order valence-electron chi connectivity index (χ1n) is 7.18. The van der Waals surface area contributed by atoms with Gasteiger partial charge in [-0.25, -0.2) is 0 Å². The van der Waals surface area contributed by atoms with Crippen LogP contribution in [0, 0.1) is 19.3 Å². The van der Waals surface area contributed by atoms with Crippen molar-refractivity contribution in [1.82, 2.24) is 10.3 Å². The van der Waals surface area contributed by atoms with Crippen LogP contribution in [0.15, 0.2) is 24.3 Å². The van der Waals surface area contributed by atoms with Crippen LogP contribution in [0.4, 0.5) is 5.69 Å². The number of nitrogens with zero attached hydrogens (tertiary/aromatic N) is 1. The molecule has 0 aliphatic carbocycles. The van der Waals surface area contributed by atoms with E-state index in [0.717, 1.165) is 27.8 Å². The molecule has 0 unspecified atom stereocenters. The highest BCUT2D eigenvalue weighted by atomic mass is 32.1. The molecular weight excluding hydrogens is 294 g/mol. The minimum absolute atomic E-state index is 0.114. The minimum Gasteiger partial charge on any atom is -0.332 e. The Hall–Kier alpha value is -2.01. The van der Waals surface area contributed by atoms with Gasteiger partial charge in [0.1, 0.15) is 0 Å². The van der Waals surface area contributed by atoms with Gasteiger partial charge < -0.3 is 10.6 Å². The molecule has 2 aromatic rings. The van der Waals surface area contributed by atoms with Gasteiger partial charge in [-0.1, -0.05) is 26.8 Å². The van der Waals surface area contributed by atoms with Crippen LogP contribution in [0.25, 0.3) is 10.9 Å². The van der Waals surface area contributed by atoms with Gasteiger partial charge in [0.05, 0.1) is 11.2 Å². The zero-order valence-corrected chi connectivity index (χ0v) is 14.4. The quantitative estimate of drug-likeness (QED) is 0.788. The number of benzene rings is 1. The molecule has 0 spiro atoms. The summed E-state index contributed by atoms with van der Waals surface area (Å²) in [6, 6.07) is 7.95. The Morgan fingerprint density at radius 3 is 2.45 bits per heavy atom. The Bertz CT molecular complexity index is 747. The molecule has 2 N–H and O–H groups in total. The molecule has 0 atom stereocenters. The second-order valence-corrected chi connectivity index (χ2v) is 6.84. The number of amides is 1. The highest BCUT2D eigenvalue weighted by Gasteiger charge is 2.22. The third-order valence-corrected chi connectivity index (χ3v) is 3.57. The van der Waals surface area contributed by atoms with E-state index < -0.39 is 5.41 Å². The maximum atomic E-state index is 12.0. The van der Waals surface area contributed by atoms with Gasteiger partial charge in [0.25, 0.3) is 0 Å². The molecule has 1 amide bonds. The van der Waals surface area contributed by atoms with Crippen LogP contribution in [0.3, 0.4) is 0 Å². The van der Waals surface area contributed by atoms with Crippen LogP contribution in [0.2, 0.25) is 0 Å². The van der Waals surface area contributed by atoms with Crippen LogP contribution in [-0.2, 0) is 4.79 Å². The van der Waals surface area contributed by atoms with Crippen LogP contribution in [0.1, 0.15) is 32.0 Å². The fourth-order valence-corrected chi connectivity index (χ4v) is 2.21. The van der Waals surface area contributed by atoms with Crippen LogP contribution < -0.4 is 10.6 Å². The molecule has 4 nitrogen and oxygen atoms in total. The minimum atomic E-state index is -0.488. The van der Waals surface area contributed by atoms with E-state index in [1.165, 1.54) is 0 Å². The molecular formula is C17H21N3OS. The molecule has 116 valence electrons. The number of thiocarbonyl (C=S) groups is 1. The molecule has 0 saturated carbocycles. The number of rotatable bonds is 1. The number of hydrogen-bond donors (Lipinski definition) is 2. The van der Waals surface area contributed by atoms with E-state index in [1.54, 1.807) is 0 Å². The Balaban J connectivity index is 2.30. The zero-order chi connectivity index (χ0) is 16.5. The number of fused-ring (bicyclic) bond motifs is 1. The molecule has 0 fully saturated rings. The first-order chi connectivity index (χ1) is 10.2. The summed E-state index contributed by atoms with van der Waals surface area (Å²) in [6.07, 6.45) is 0. The molecule has 22 heavy (non-hydrogen) atoms. The van der Waals surface area contributed by atoms with Crippen molar-refractivity contribution in [3.8, 4) is 0 Å². The number of pyridine rings is 1. The summed E-state index contributed by atoms with van der Waals surface area (Å²) in [5.74, 6) is -0.114. The van der Waals surface area contributed by atoms with Gasteiger partial charge in [-0.3, -0.25) is 9.78 Å². The molecule has 0 aliphatic heterocycles. The van der Waals surface area contributed by atoms with Gasteiger partial charge in [-0.15, -0.1) is 0 Å². The molecule has 0 saturated heterocycles. The van der Waals surface area contributed by atoms with Crippen molar-refractivity contribution in [1.29, 1.82) is 0 Å². The van der Waals surface area contributed by atoms with E-state index in [2.05, 4.69) is 15.6 Å². The highest BCUT2D eigenvalue weighted by molar-refractivity contribution is 7.80. The summed E-state index contributed by atoms with van der Waals surface area (Å²) in [7, 11) is 0. The maximum absolute atomic E-state index is 12.0. The van der Waals surface area contributed by atoms with Crippen molar-refractivity contribution in [2.75, 3.05) is 5.32 Å². The normalized spacial score (nSPS) is 11.3. The second-order valence-electron chi connectivity index (χ2n) is 6.44. The Labute approximate surface area is 136 Å². The fraction of sp³-hybridized carbons (Fsp3) is 0.353. The third kappa shape index (κ3) is 3.60. The number of hydrogen-bond acceptors (Lipinski definition) is 3. The smallest absolute Gasteiger partial charge is 0.231 e. The van der Waals surface area contributed by atoms with E-state index in [1.807, 2.05) is 58.9 Å². The first kappa shape index (κ1) is 16.4. The van der Waals surface area contributed by atoms with Gasteiger partial charge >= 0.3 is 0 Å². The van der Waals surface area contributed by atoms with Gasteiger partial charge in [0.15, 0.2) is 5.11 Å². The lowest BCUT2D eigenvalue weighted by Crippen LogP contribution is -2.41. The number of carbonyl (C=O) groups is 1. The average molecular weight is 315 g/mol. The summed E-state index contributed by atoms with van der Waals surface area (Å²) >= 11 is 5.27. The van der Waals surface area contributed by atoms with Crippen molar-refractivity contribution in [2.45, 2.75) is 34.6 Å². The highest BCUT2D eigenvalue weighted by Crippen LogP contribution is 2.26. The van der Waals surface area contributed by atoms with E-state index in [0.29, 0.717) is 5.11 Å². The largest absolute Gasteiger partial charge is 0.332 e. The van der Waals surface area contributed by atoms with E-state index in [9.17, 15) is 4.79 Å². The summed E-state index contributed by atoms with van der Waals surface area (Å²) in [6.45, 7) is 9.50. The van der Waals surface area contributed by atoms with Crippen LogP contribution in [0.5, 0.6) is 0 Å². The number of aromatic nitrogens is 1. The Morgan fingerprint density at radius 1 is 1.14 bits per heavy atom. The number of aryl methyl sites for hydroxylation is 2. The zero-order valence-electron chi connectivity index (χ0n) is 13.6. The predicted molar refractivity (Wildman–Crippen MR) is 95.0 cm³/mol. The summed E-state index contributed by atoms with van der Waals surface area (Å²) in [5, 5.41) is 7.15. The molecule has 0 aliphatic rings. The monoisotopic (exact) mass is 315 g/mol. The first-order valence-corrected chi connectivity index (χ1v) is 7.59. The maximum Gasteiger partial charge on any atom is 0.231 e. The second kappa shape index (κ2) is 6.01. The molecule has 5 heteroatoms. The molecule has 2 rings (SSSR count). The fourth-order valence-electron chi connectivity index (χ4n) is 2.02. The summed E-state index contributed by atoms with van der Waals surface area (Å²) in [5.41, 5.74) is 3.30. The lowest BCUT2D eigenvalue weighted by Gasteiger charge is -2.19. The average Bonchev–Trinajstić information content (AvgIpc) is 2.41. The topological polar surface area (TPSA) is 54.0 Å². The van der Waals surface area contributed by atoms with Crippen molar-refractivity contribution in [3.63, 3.8) is 0 Å². The molecule has 1 aromatic heterocycles. The molecule has 1 aromatic carbocycles. The van der Waals surface area contributed by atoms with E-state index in [-0.39, 0.29) is 5.91 Å². The number of nitrogens with one attached hydrogen (secondary N) is 2. The third-order valence-electron chi connectivity index (χ3n) is 3.37. The molecule has 1 heterocycles. The SMILES string of the molecule is Cc1ccc2c(NC(=S)NC(=O)C(C)(C)C)c(C)ccc2n1. The summed E-state index contributed by atoms with van der Waals surface area (Å²) < 4.78 is 0. The standard InChI is InChI=1S/C17H21N3OS/c1-10-6-9-13-12(8-7-11(2)18-13)14(10)19-16(22)20-15(21)17(3,4)5/h6-9H,1-5H3,(H2,19,20,21,22). The lowest BCUT2D eigenvalue weighted by atomic mass is 9.96. The Kier molecular flexibility index (Phi) is 4.47. The molecule has 0 radical (unpaired) electrons. The van der Waals surface area contributed by atoms with Gasteiger partial charge in [0.2, 0.25) is 5.91 Å².